The molecule has 0 aromatic heterocycles. The van der Waals surface area contributed by atoms with Gasteiger partial charge in [-0.05, 0) is 60.7 Å². The molecule has 0 aliphatic rings. The highest BCUT2D eigenvalue weighted by Crippen LogP contribution is 2.31. The Morgan fingerprint density at radius 3 is 2.15 bits per heavy atom. The fraction of sp³-hybridized carbons (Fsp3) is 0.294. The summed E-state index contributed by atoms with van der Waals surface area (Å²) in [5, 5.41) is 0. The number of halogens is 1. The largest absolute Gasteiger partial charge is 0.496 e. The van der Waals surface area contributed by atoms with Crippen LogP contribution in [0.25, 0.3) is 0 Å². The zero-order valence-corrected chi connectivity index (χ0v) is 13.9. The Labute approximate surface area is 129 Å². The van der Waals surface area contributed by atoms with Crippen molar-refractivity contribution in [2.45, 2.75) is 26.8 Å². The van der Waals surface area contributed by atoms with Crippen LogP contribution in [0, 0.1) is 20.8 Å². The fourth-order valence-corrected chi connectivity index (χ4v) is 2.99. The van der Waals surface area contributed by atoms with Gasteiger partial charge in [-0.25, -0.2) is 0 Å². The molecular weight excluding hydrogens is 314 g/mol. The zero-order valence-electron chi connectivity index (χ0n) is 12.3. The Morgan fingerprint density at radius 1 is 1.00 bits per heavy atom. The van der Waals surface area contributed by atoms with Crippen LogP contribution in [0.1, 0.15) is 33.9 Å². The molecule has 0 amide bonds. The number of ether oxygens (including phenoxy) is 1. The summed E-state index contributed by atoms with van der Waals surface area (Å²) in [6, 6.07) is 10.3. The molecule has 2 aromatic carbocycles. The Kier molecular flexibility index (Phi) is 4.51. The summed E-state index contributed by atoms with van der Waals surface area (Å²) in [5.74, 6) is 0.937. The van der Waals surface area contributed by atoms with Crippen LogP contribution in [0.4, 0.5) is 0 Å². The molecule has 2 aromatic rings. The number of hydrogen-bond acceptors (Lipinski definition) is 2. The number of methoxy groups -OCH3 is 1. The van der Waals surface area contributed by atoms with Crippen LogP contribution in [0.15, 0.2) is 34.8 Å². The molecule has 2 N–H and O–H groups in total. The van der Waals surface area contributed by atoms with Crippen molar-refractivity contribution >= 4 is 15.9 Å². The predicted molar refractivity (Wildman–Crippen MR) is 87.4 cm³/mol. The third-order valence-electron chi connectivity index (χ3n) is 3.62. The Bertz CT molecular complexity index is 614. The second kappa shape index (κ2) is 5.98. The van der Waals surface area contributed by atoms with Gasteiger partial charge in [-0.1, -0.05) is 34.1 Å². The van der Waals surface area contributed by atoms with Gasteiger partial charge >= 0.3 is 0 Å². The number of hydrogen-bond donors (Lipinski definition) is 1. The molecule has 0 heterocycles. The van der Waals surface area contributed by atoms with Gasteiger partial charge in [0.1, 0.15) is 5.75 Å². The molecular formula is C17H20BrNO. The standard InChI is InChI=1S/C17H20BrNO/c1-10-5-6-14(18)9-15(10)16(19)13-7-11(2)17(20-4)12(3)8-13/h5-9,16H,19H2,1-4H3. The van der Waals surface area contributed by atoms with E-state index in [1.807, 2.05) is 6.07 Å². The van der Waals surface area contributed by atoms with E-state index in [4.69, 9.17) is 10.5 Å². The van der Waals surface area contributed by atoms with Gasteiger partial charge in [-0.15, -0.1) is 0 Å². The minimum atomic E-state index is -0.129. The van der Waals surface area contributed by atoms with Crippen molar-refractivity contribution in [1.29, 1.82) is 0 Å². The lowest BCUT2D eigenvalue weighted by atomic mass is 9.93. The minimum Gasteiger partial charge on any atom is -0.496 e. The highest BCUT2D eigenvalue weighted by molar-refractivity contribution is 9.10. The molecule has 1 atom stereocenters. The van der Waals surface area contributed by atoms with Gasteiger partial charge in [0.2, 0.25) is 0 Å². The van der Waals surface area contributed by atoms with E-state index in [2.05, 4.69) is 61.0 Å². The van der Waals surface area contributed by atoms with E-state index in [1.54, 1.807) is 7.11 Å². The minimum absolute atomic E-state index is 0.129. The van der Waals surface area contributed by atoms with E-state index in [1.165, 1.54) is 5.56 Å². The van der Waals surface area contributed by atoms with Crippen molar-refractivity contribution < 1.29 is 4.74 Å². The molecule has 0 fully saturated rings. The van der Waals surface area contributed by atoms with E-state index >= 15 is 0 Å². The number of rotatable bonds is 3. The van der Waals surface area contributed by atoms with Crippen LogP contribution in [0.5, 0.6) is 5.75 Å². The molecule has 0 bridgehead atoms. The van der Waals surface area contributed by atoms with Crippen molar-refractivity contribution in [3.8, 4) is 5.75 Å². The molecule has 0 spiro atoms. The summed E-state index contributed by atoms with van der Waals surface area (Å²) in [6.07, 6.45) is 0. The van der Waals surface area contributed by atoms with Crippen molar-refractivity contribution in [1.82, 2.24) is 0 Å². The molecule has 2 rings (SSSR count). The lowest BCUT2D eigenvalue weighted by Gasteiger charge is -2.18. The van der Waals surface area contributed by atoms with Crippen molar-refractivity contribution in [3.63, 3.8) is 0 Å². The van der Waals surface area contributed by atoms with Gasteiger partial charge in [-0.3, -0.25) is 0 Å². The molecule has 0 radical (unpaired) electrons. The van der Waals surface area contributed by atoms with Crippen molar-refractivity contribution in [2.75, 3.05) is 7.11 Å². The maximum absolute atomic E-state index is 6.45. The first-order chi connectivity index (χ1) is 9.43. The van der Waals surface area contributed by atoms with E-state index in [0.29, 0.717) is 0 Å². The monoisotopic (exact) mass is 333 g/mol. The third-order valence-corrected chi connectivity index (χ3v) is 4.12. The Hall–Kier alpha value is -1.32. The summed E-state index contributed by atoms with van der Waals surface area (Å²) in [7, 11) is 1.70. The third kappa shape index (κ3) is 2.89. The zero-order chi connectivity index (χ0) is 14.9. The van der Waals surface area contributed by atoms with E-state index < -0.39 is 0 Å². The van der Waals surface area contributed by atoms with Crippen LogP contribution in [-0.2, 0) is 0 Å². The molecule has 2 nitrogen and oxygen atoms in total. The SMILES string of the molecule is COc1c(C)cc(C(N)c2cc(Br)ccc2C)cc1C. The summed E-state index contributed by atoms with van der Waals surface area (Å²) in [4.78, 5) is 0. The first-order valence-corrected chi connectivity index (χ1v) is 7.40. The Balaban J connectivity index is 2.48. The number of benzene rings is 2. The van der Waals surface area contributed by atoms with Crippen molar-refractivity contribution in [3.05, 3.63) is 62.6 Å². The van der Waals surface area contributed by atoms with Crippen LogP contribution in [0.2, 0.25) is 0 Å². The summed E-state index contributed by atoms with van der Waals surface area (Å²) < 4.78 is 6.46. The van der Waals surface area contributed by atoms with Crippen LogP contribution in [0.3, 0.4) is 0 Å². The molecule has 0 saturated heterocycles. The van der Waals surface area contributed by atoms with Crippen LogP contribution >= 0.6 is 15.9 Å². The summed E-state index contributed by atoms with van der Waals surface area (Å²) in [6.45, 7) is 6.19. The molecule has 20 heavy (non-hydrogen) atoms. The number of nitrogens with two attached hydrogens (primary N) is 1. The van der Waals surface area contributed by atoms with Gasteiger partial charge in [0, 0.05) is 4.47 Å². The summed E-state index contributed by atoms with van der Waals surface area (Å²) in [5.41, 5.74) is 12.1. The van der Waals surface area contributed by atoms with E-state index in [0.717, 1.165) is 32.5 Å². The van der Waals surface area contributed by atoms with Crippen molar-refractivity contribution in [2.24, 2.45) is 5.73 Å². The highest BCUT2D eigenvalue weighted by atomic mass is 79.9. The molecule has 106 valence electrons. The topological polar surface area (TPSA) is 35.2 Å². The molecule has 0 saturated carbocycles. The fourth-order valence-electron chi connectivity index (χ4n) is 2.61. The van der Waals surface area contributed by atoms with E-state index in [-0.39, 0.29) is 6.04 Å². The normalized spacial score (nSPS) is 12.3. The highest BCUT2D eigenvalue weighted by Gasteiger charge is 2.15. The summed E-state index contributed by atoms with van der Waals surface area (Å²) >= 11 is 3.51. The van der Waals surface area contributed by atoms with Gasteiger partial charge in [0.15, 0.2) is 0 Å². The lowest BCUT2D eigenvalue weighted by Crippen LogP contribution is -2.14. The lowest BCUT2D eigenvalue weighted by molar-refractivity contribution is 0.408. The molecule has 3 heteroatoms. The maximum atomic E-state index is 6.45. The first-order valence-electron chi connectivity index (χ1n) is 6.60. The van der Waals surface area contributed by atoms with Gasteiger partial charge in [0.25, 0.3) is 0 Å². The first kappa shape index (κ1) is 15.1. The molecule has 0 aliphatic heterocycles. The Morgan fingerprint density at radius 2 is 1.60 bits per heavy atom. The van der Waals surface area contributed by atoms with Crippen LogP contribution < -0.4 is 10.5 Å². The van der Waals surface area contributed by atoms with Gasteiger partial charge in [-0.2, -0.15) is 0 Å². The second-order valence-electron chi connectivity index (χ2n) is 5.17. The van der Waals surface area contributed by atoms with Gasteiger partial charge < -0.3 is 10.5 Å². The quantitative estimate of drug-likeness (QED) is 0.901. The molecule has 0 aliphatic carbocycles. The van der Waals surface area contributed by atoms with E-state index in [9.17, 15) is 0 Å². The number of aryl methyl sites for hydroxylation is 3. The van der Waals surface area contributed by atoms with Crippen LogP contribution in [-0.4, -0.2) is 7.11 Å². The molecule has 1 unspecified atom stereocenters. The second-order valence-corrected chi connectivity index (χ2v) is 6.08. The average Bonchev–Trinajstić information content (AvgIpc) is 2.40. The smallest absolute Gasteiger partial charge is 0.124 e. The maximum Gasteiger partial charge on any atom is 0.124 e. The average molecular weight is 334 g/mol. The predicted octanol–water partition coefficient (Wildman–Crippen LogP) is 4.43. The van der Waals surface area contributed by atoms with Gasteiger partial charge in [0.05, 0.1) is 13.2 Å².